The number of nitrogens with one attached hydrogen (secondary N) is 1. The molecular formula is C15H16N4O3. The van der Waals surface area contributed by atoms with Gasteiger partial charge in [0.05, 0.1) is 0 Å². The lowest BCUT2D eigenvalue weighted by atomic mass is 10.1. The zero-order chi connectivity index (χ0) is 16.3. The highest BCUT2D eigenvalue weighted by molar-refractivity contribution is 5.51. The second-order valence-electron chi connectivity index (χ2n) is 4.88. The molecule has 2 N–H and O–H groups in total. The summed E-state index contributed by atoms with van der Waals surface area (Å²) < 4.78 is 2.15. The zero-order valence-corrected chi connectivity index (χ0v) is 12.3. The van der Waals surface area contributed by atoms with Crippen LogP contribution in [0.2, 0.25) is 0 Å². The van der Waals surface area contributed by atoms with E-state index >= 15 is 0 Å². The summed E-state index contributed by atoms with van der Waals surface area (Å²) in [4.78, 5) is 23.8. The van der Waals surface area contributed by atoms with Crippen LogP contribution in [0.1, 0.15) is 11.1 Å². The number of aromatic nitrogens is 2. The van der Waals surface area contributed by atoms with Gasteiger partial charge in [0.2, 0.25) is 0 Å². The van der Waals surface area contributed by atoms with Crippen LogP contribution in [-0.4, -0.2) is 20.8 Å². The molecule has 0 saturated carbocycles. The average molecular weight is 300 g/mol. The third kappa shape index (κ3) is 2.86. The van der Waals surface area contributed by atoms with Crippen LogP contribution < -0.4 is 16.6 Å². The molecule has 0 atom stereocenters. The predicted molar refractivity (Wildman–Crippen MR) is 81.9 cm³/mol. The van der Waals surface area contributed by atoms with Crippen LogP contribution in [0, 0.1) is 11.3 Å². The summed E-state index contributed by atoms with van der Waals surface area (Å²) in [5.41, 5.74) is -0.207. The van der Waals surface area contributed by atoms with Gasteiger partial charge in [-0.2, -0.15) is 5.26 Å². The molecule has 1 aromatic carbocycles. The van der Waals surface area contributed by atoms with Crippen LogP contribution in [0.4, 0.5) is 5.82 Å². The first-order valence-corrected chi connectivity index (χ1v) is 6.67. The number of rotatable bonds is 4. The first kappa shape index (κ1) is 15.4. The van der Waals surface area contributed by atoms with Crippen LogP contribution in [0.15, 0.2) is 33.9 Å². The minimum Gasteiger partial charge on any atom is -0.508 e. The van der Waals surface area contributed by atoms with Crippen LogP contribution in [-0.2, 0) is 20.5 Å². The Labute approximate surface area is 126 Å². The van der Waals surface area contributed by atoms with E-state index in [4.69, 9.17) is 5.26 Å². The number of anilines is 1. The molecule has 0 unspecified atom stereocenters. The van der Waals surface area contributed by atoms with Gasteiger partial charge in [0.25, 0.3) is 5.56 Å². The van der Waals surface area contributed by atoms with Crippen molar-refractivity contribution < 1.29 is 5.11 Å². The van der Waals surface area contributed by atoms with Gasteiger partial charge in [0.15, 0.2) is 5.56 Å². The van der Waals surface area contributed by atoms with Crippen molar-refractivity contribution in [2.75, 3.05) is 11.9 Å². The summed E-state index contributed by atoms with van der Waals surface area (Å²) in [7, 11) is 2.84. The lowest BCUT2D eigenvalue weighted by Crippen LogP contribution is -2.40. The van der Waals surface area contributed by atoms with E-state index in [1.165, 1.54) is 18.7 Å². The molecule has 0 aliphatic rings. The molecule has 0 amide bonds. The highest BCUT2D eigenvalue weighted by Crippen LogP contribution is 2.11. The molecule has 1 aromatic heterocycles. The summed E-state index contributed by atoms with van der Waals surface area (Å²) in [5, 5.41) is 21.3. The Kier molecular flexibility index (Phi) is 4.32. The number of hydrogen-bond acceptors (Lipinski definition) is 5. The van der Waals surface area contributed by atoms with Crippen LogP contribution in [0.5, 0.6) is 5.75 Å². The SMILES string of the molecule is Cn1c(NCCc2ccc(O)cc2)c(C#N)c(=O)n(C)c1=O. The molecule has 0 saturated heterocycles. The Balaban J connectivity index is 2.23. The molecule has 114 valence electrons. The second-order valence-corrected chi connectivity index (χ2v) is 4.88. The van der Waals surface area contributed by atoms with E-state index in [2.05, 4.69) is 5.32 Å². The van der Waals surface area contributed by atoms with Gasteiger partial charge in [-0.25, -0.2) is 4.79 Å². The molecule has 1 heterocycles. The average Bonchev–Trinajstić information content (AvgIpc) is 2.52. The van der Waals surface area contributed by atoms with Gasteiger partial charge in [-0.05, 0) is 24.1 Å². The van der Waals surface area contributed by atoms with Gasteiger partial charge in [-0.15, -0.1) is 0 Å². The number of hydrogen-bond donors (Lipinski definition) is 2. The number of nitrogens with zero attached hydrogens (tertiary/aromatic N) is 3. The molecule has 2 rings (SSSR count). The van der Waals surface area contributed by atoms with E-state index in [1.54, 1.807) is 24.3 Å². The molecule has 0 bridgehead atoms. The van der Waals surface area contributed by atoms with Crippen molar-refractivity contribution >= 4 is 5.82 Å². The van der Waals surface area contributed by atoms with Crippen molar-refractivity contribution in [1.29, 1.82) is 5.26 Å². The maximum Gasteiger partial charge on any atom is 0.332 e. The number of benzene rings is 1. The number of phenols is 1. The molecule has 22 heavy (non-hydrogen) atoms. The maximum absolute atomic E-state index is 11.9. The van der Waals surface area contributed by atoms with Gasteiger partial charge in [-0.3, -0.25) is 13.9 Å². The normalized spacial score (nSPS) is 10.2. The first-order chi connectivity index (χ1) is 10.5. The second kappa shape index (κ2) is 6.18. The smallest absolute Gasteiger partial charge is 0.332 e. The first-order valence-electron chi connectivity index (χ1n) is 6.67. The summed E-state index contributed by atoms with van der Waals surface area (Å²) in [6.45, 7) is 0.444. The summed E-state index contributed by atoms with van der Waals surface area (Å²) in [6, 6.07) is 8.58. The Bertz CT molecular complexity index is 841. The van der Waals surface area contributed by atoms with Gasteiger partial charge in [0, 0.05) is 20.6 Å². The fraction of sp³-hybridized carbons (Fsp3) is 0.267. The molecule has 0 aliphatic carbocycles. The van der Waals surface area contributed by atoms with Crippen molar-refractivity contribution in [2.24, 2.45) is 14.1 Å². The standard InChI is InChI=1S/C15H16N4O3/c1-18-13(12(9-16)14(21)19(2)15(18)22)17-8-7-10-3-5-11(20)6-4-10/h3-6,17,20H,7-8H2,1-2H3. The minimum atomic E-state index is -0.613. The molecule has 0 aliphatic heterocycles. The Morgan fingerprint density at radius 3 is 2.41 bits per heavy atom. The topological polar surface area (TPSA) is 100 Å². The van der Waals surface area contributed by atoms with Crippen molar-refractivity contribution in [3.63, 3.8) is 0 Å². The largest absolute Gasteiger partial charge is 0.508 e. The molecule has 7 nitrogen and oxygen atoms in total. The Morgan fingerprint density at radius 1 is 1.18 bits per heavy atom. The predicted octanol–water partition coefficient (Wildman–Crippen LogP) is 0.316. The van der Waals surface area contributed by atoms with Crippen molar-refractivity contribution in [1.82, 2.24) is 9.13 Å². The van der Waals surface area contributed by atoms with Gasteiger partial charge in [-0.1, -0.05) is 12.1 Å². The maximum atomic E-state index is 11.9. The zero-order valence-electron chi connectivity index (χ0n) is 12.3. The molecule has 2 aromatic rings. The molecule has 0 radical (unpaired) electrons. The third-order valence-electron chi connectivity index (χ3n) is 3.42. The van der Waals surface area contributed by atoms with Gasteiger partial charge < -0.3 is 10.4 Å². The number of aromatic hydroxyl groups is 1. The highest BCUT2D eigenvalue weighted by atomic mass is 16.3. The fourth-order valence-electron chi connectivity index (χ4n) is 2.14. The highest BCUT2D eigenvalue weighted by Gasteiger charge is 2.14. The number of phenolic OH excluding ortho intramolecular Hbond substituents is 1. The van der Waals surface area contributed by atoms with Gasteiger partial charge in [0.1, 0.15) is 17.6 Å². The van der Waals surface area contributed by atoms with Crippen LogP contribution in [0.3, 0.4) is 0 Å². The van der Waals surface area contributed by atoms with Crippen LogP contribution >= 0.6 is 0 Å². The minimum absolute atomic E-state index is 0.0877. The third-order valence-corrected chi connectivity index (χ3v) is 3.42. The number of nitriles is 1. The Morgan fingerprint density at radius 2 is 1.82 bits per heavy atom. The lowest BCUT2D eigenvalue weighted by Gasteiger charge is -2.13. The fourth-order valence-corrected chi connectivity index (χ4v) is 2.14. The van der Waals surface area contributed by atoms with E-state index < -0.39 is 11.2 Å². The molecule has 0 spiro atoms. The van der Waals surface area contributed by atoms with E-state index in [-0.39, 0.29) is 17.1 Å². The quantitative estimate of drug-likeness (QED) is 0.847. The summed E-state index contributed by atoms with van der Waals surface area (Å²) >= 11 is 0. The molecule has 7 heteroatoms. The molecule has 0 fully saturated rings. The van der Waals surface area contributed by atoms with Crippen molar-refractivity contribution in [3.05, 3.63) is 56.2 Å². The van der Waals surface area contributed by atoms with E-state index in [0.29, 0.717) is 13.0 Å². The lowest BCUT2D eigenvalue weighted by molar-refractivity contribution is 0.475. The molecular weight excluding hydrogens is 284 g/mol. The van der Waals surface area contributed by atoms with Crippen molar-refractivity contribution in [3.8, 4) is 11.8 Å². The van der Waals surface area contributed by atoms with Crippen LogP contribution in [0.25, 0.3) is 0 Å². The van der Waals surface area contributed by atoms with E-state index in [1.807, 2.05) is 6.07 Å². The van der Waals surface area contributed by atoms with Gasteiger partial charge >= 0.3 is 5.69 Å². The van der Waals surface area contributed by atoms with Crippen molar-refractivity contribution in [2.45, 2.75) is 6.42 Å². The monoisotopic (exact) mass is 300 g/mol. The van der Waals surface area contributed by atoms with E-state index in [0.717, 1.165) is 10.1 Å². The van der Waals surface area contributed by atoms with E-state index in [9.17, 15) is 14.7 Å². The summed E-state index contributed by atoms with van der Waals surface area (Å²) in [6.07, 6.45) is 0.620. The summed E-state index contributed by atoms with van der Waals surface area (Å²) in [5.74, 6) is 0.409. The Hall–Kier alpha value is -3.01.